The molecule has 0 amide bonds. The van der Waals surface area contributed by atoms with Gasteiger partial charge in [0.25, 0.3) is 0 Å². The lowest BCUT2D eigenvalue weighted by molar-refractivity contribution is 0.360. The van der Waals surface area contributed by atoms with Crippen LogP contribution in [0.5, 0.6) is 0 Å². The molecule has 15 heavy (non-hydrogen) atoms. The molecule has 2 aliphatic rings. The van der Waals surface area contributed by atoms with E-state index >= 15 is 0 Å². The highest BCUT2D eigenvalue weighted by Crippen LogP contribution is 2.36. The lowest BCUT2D eigenvalue weighted by Crippen LogP contribution is -2.23. The van der Waals surface area contributed by atoms with Crippen molar-refractivity contribution in [3.8, 4) is 0 Å². The van der Waals surface area contributed by atoms with Crippen LogP contribution >= 0.6 is 0 Å². The fraction of sp³-hybridized carbons (Fsp3) is 0.600. The normalized spacial score (nSPS) is 24.0. The van der Waals surface area contributed by atoms with Crippen LogP contribution in [0.1, 0.15) is 25.7 Å². The van der Waals surface area contributed by atoms with Crippen molar-refractivity contribution in [3.63, 3.8) is 0 Å². The summed E-state index contributed by atoms with van der Waals surface area (Å²) in [6.45, 7) is 0. The van der Waals surface area contributed by atoms with Crippen LogP contribution in [0.15, 0.2) is 22.4 Å². The second-order valence-corrected chi connectivity index (χ2v) is 5.47. The van der Waals surface area contributed by atoms with Crippen LogP contribution < -0.4 is 0 Å². The Labute approximate surface area is 90.3 Å². The van der Waals surface area contributed by atoms with Gasteiger partial charge in [0.1, 0.15) is 5.76 Å². The third-order valence-corrected chi connectivity index (χ3v) is 3.63. The summed E-state index contributed by atoms with van der Waals surface area (Å²) in [7, 11) is 0.197. The van der Waals surface area contributed by atoms with Crippen molar-refractivity contribution in [2.24, 2.45) is 0 Å². The number of allylic oxidation sites excluding steroid dienone is 2. The zero-order valence-corrected chi connectivity index (χ0v) is 9.80. The van der Waals surface area contributed by atoms with E-state index in [1.807, 2.05) is 19.0 Å². The van der Waals surface area contributed by atoms with E-state index in [2.05, 4.69) is 0 Å². The highest BCUT2D eigenvalue weighted by atomic mass is 32.2. The highest BCUT2D eigenvalue weighted by molar-refractivity contribution is 7.89. The van der Waals surface area contributed by atoms with Crippen molar-refractivity contribution in [2.75, 3.05) is 14.1 Å². The molecule has 0 spiro atoms. The van der Waals surface area contributed by atoms with Gasteiger partial charge in [-0.05, 0) is 19.3 Å². The second kappa shape index (κ2) is 3.56. The Morgan fingerprint density at radius 1 is 1.27 bits per heavy atom. The minimum absolute atomic E-state index is 0.646. The largest absolute Gasteiger partial charge is 0.383 e. The average Bonchev–Trinajstić information content (AvgIpc) is 2.14. The molecule has 4 nitrogen and oxygen atoms in total. The maximum absolute atomic E-state index is 11.5. The molecule has 1 heterocycles. The van der Waals surface area contributed by atoms with Gasteiger partial charge in [0.05, 0.1) is 11.1 Å². The molecule has 0 saturated carbocycles. The third-order valence-electron chi connectivity index (χ3n) is 2.68. The molecule has 0 N–H and O–H groups in total. The van der Waals surface area contributed by atoms with Crippen LogP contribution in [-0.4, -0.2) is 27.4 Å². The zero-order chi connectivity index (χ0) is 11.1. The summed E-state index contributed by atoms with van der Waals surface area (Å²) in [6, 6.07) is 0. The maximum atomic E-state index is 11.5. The standard InChI is InChI=1S/C10H15NO3S/c1-11(2)9-7-15(12,13)14-10-6-4-3-5-8(9)10/h7H,3-6H2,1-2H3. The van der Waals surface area contributed by atoms with E-state index in [1.165, 1.54) is 5.41 Å². The predicted molar refractivity (Wildman–Crippen MR) is 57.3 cm³/mol. The molecule has 2 rings (SSSR count). The van der Waals surface area contributed by atoms with Crippen molar-refractivity contribution in [3.05, 3.63) is 22.4 Å². The van der Waals surface area contributed by atoms with E-state index < -0.39 is 10.1 Å². The predicted octanol–water partition coefficient (Wildman–Crippen LogP) is 1.58. The Bertz CT molecular complexity index is 432. The SMILES string of the molecule is CN(C)C1=CS(=O)(=O)OC2=C1CCCC2. The van der Waals surface area contributed by atoms with Gasteiger partial charge in [-0.15, -0.1) is 0 Å². The highest BCUT2D eigenvalue weighted by Gasteiger charge is 2.28. The van der Waals surface area contributed by atoms with Crippen molar-refractivity contribution >= 4 is 10.1 Å². The van der Waals surface area contributed by atoms with Crippen LogP contribution in [0.2, 0.25) is 0 Å². The summed E-state index contributed by atoms with van der Waals surface area (Å²) in [6.07, 6.45) is 3.76. The van der Waals surface area contributed by atoms with Crippen LogP contribution in [0.3, 0.4) is 0 Å². The number of likely N-dealkylation sites (N-methyl/N-ethyl adjacent to an activating group) is 1. The summed E-state index contributed by atoms with van der Waals surface area (Å²) >= 11 is 0. The van der Waals surface area contributed by atoms with Gasteiger partial charge >= 0.3 is 10.1 Å². The Morgan fingerprint density at radius 3 is 2.60 bits per heavy atom. The minimum Gasteiger partial charge on any atom is -0.383 e. The van der Waals surface area contributed by atoms with E-state index in [-0.39, 0.29) is 0 Å². The van der Waals surface area contributed by atoms with Crippen LogP contribution in [-0.2, 0) is 14.3 Å². The van der Waals surface area contributed by atoms with Gasteiger partial charge in [-0.25, -0.2) is 0 Å². The van der Waals surface area contributed by atoms with E-state index in [0.29, 0.717) is 5.76 Å². The zero-order valence-electron chi connectivity index (χ0n) is 8.99. The Hall–Kier alpha value is -0.970. The molecule has 0 atom stereocenters. The van der Waals surface area contributed by atoms with E-state index in [0.717, 1.165) is 37.0 Å². The van der Waals surface area contributed by atoms with Crippen molar-refractivity contribution in [1.29, 1.82) is 0 Å². The van der Waals surface area contributed by atoms with Crippen LogP contribution in [0.4, 0.5) is 0 Å². The summed E-state index contributed by atoms with van der Waals surface area (Å²) in [5.74, 6) is 0.646. The smallest absolute Gasteiger partial charge is 0.334 e. The van der Waals surface area contributed by atoms with Gasteiger partial charge in [-0.3, -0.25) is 0 Å². The van der Waals surface area contributed by atoms with Gasteiger partial charge in [-0.1, -0.05) is 0 Å². The molecule has 0 bridgehead atoms. The molecule has 0 unspecified atom stereocenters. The van der Waals surface area contributed by atoms with Gasteiger partial charge in [0.2, 0.25) is 0 Å². The molecule has 0 aromatic heterocycles. The first-order chi connectivity index (χ1) is 6.99. The van der Waals surface area contributed by atoms with Gasteiger partial charge in [-0.2, -0.15) is 8.42 Å². The van der Waals surface area contributed by atoms with E-state index in [1.54, 1.807) is 0 Å². The Kier molecular flexibility index (Phi) is 2.50. The number of nitrogens with zero attached hydrogens (tertiary/aromatic N) is 1. The summed E-state index contributed by atoms with van der Waals surface area (Å²) in [5.41, 5.74) is 1.83. The molecule has 0 fully saturated rings. The molecule has 0 radical (unpaired) electrons. The molecule has 1 aliphatic carbocycles. The molecular formula is C10H15NO3S. The Morgan fingerprint density at radius 2 is 1.93 bits per heavy atom. The average molecular weight is 229 g/mol. The van der Waals surface area contributed by atoms with Crippen molar-refractivity contribution in [2.45, 2.75) is 25.7 Å². The topological polar surface area (TPSA) is 46.6 Å². The molecule has 1 aliphatic heterocycles. The number of hydrogen-bond donors (Lipinski definition) is 0. The van der Waals surface area contributed by atoms with E-state index in [4.69, 9.17) is 4.18 Å². The van der Waals surface area contributed by atoms with Crippen molar-refractivity contribution in [1.82, 2.24) is 4.90 Å². The lowest BCUT2D eigenvalue weighted by Gasteiger charge is -2.28. The fourth-order valence-corrected chi connectivity index (χ4v) is 3.13. The molecule has 0 saturated heterocycles. The van der Waals surface area contributed by atoms with Gasteiger partial charge < -0.3 is 9.08 Å². The molecule has 0 aromatic carbocycles. The first-order valence-corrected chi connectivity index (χ1v) is 6.53. The summed E-state index contributed by atoms with van der Waals surface area (Å²) in [5, 5.41) is 1.22. The third kappa shape index (κ3) is 2.02. The van der Waals surface area contributed by atoms with Crippen LogP contribution in [0, 0.1) is 0 Å². The maximum Gasteiger partial charge on any atom is 0.334 e. The van der Waals surface area contributed by atoms with Crippen molar-refractivity contribution < 1.29 is 12.6 Å². The van der Waals surface area contributed by atoms with E-state index in [9.17, 15) is 8.42 Å². The first kappa shape index (κ1) is 10.5. The number of hydrogen-bond acceptors (Lipinski definition) is 4. The Balaban J connectivity index is 2.48. The minimum atomic E-state index is -3.51. The molecule has 84 valence electrons. The first-order valence-electron chi connectivity index (χ1n) is 5.05. The summed E-state index contributed by atoms with van der Waals surface area (Å²) in [4.78, 5) is 1.83. The molecular weight excluding hydrogens is 214 g/mol. The van der Waals surface area contributed by atoms with Crippen LogP contribution in [0.25, 0.3) is 0 Å². The molecule has 5 heteroatoms. The van der Waals surface area contributed by atoms with Gasteiger partial charge in [0.15, 0.2) is 0 Å². The fourth-order valence-electron chi connectivity index (χ4n) is 1.99. The monoisotopic (exact) mass is 229 g/mol. The quantitative estimate of drug-likeness (QED) is 0.640. The second-order valence-electron chi connectivity index (χ2n) is 4.08. The molecule has 0 aromatic rings. The lowest BCUT2D eigenvalue weighted by atomic mass is 9.95. The summed E-state index contributed by atoms with van der Waals surface area (Å²) < 4.78 is 27.9. The number of rotatable bonds is 1. The van der Waals surface area contributed by atoms with Gasteiger partial charge in [0, 0.05) is 26.1 Å².